The average Bonchev–Trinajstić information content (AvgIpc) is 2.53. The van der Waals surface area contributed by atoms with Crippen LogP contribution in [0.15, 0.2) is 39.9 Å². The van der Waals surface area contributed by atoms with Gasteiger partial charge < -0.3 is 11.1 Å². The molecule has 0 atom stereocenters. The van der Waals surface area contributed by atoms with E-state index in [1.807, 2.05) is 0 Å². The van der Waals surface area contributed by atoms with Crippen molar-refractivity contribution in [3.8, 4) is 0 Å². The normalized spacial score (nSPS) is 10.9. The second-order valence-electron chi connectivity index (χ2n) is 4.84. The van der Waals surface area contributed by atoms with Gasteiger partial charge in [0.15, 0.2) is 0 Å². The fourth-order valence-electron chi connectivity index (χ4n) is 1.92. The molecule has 0 aliphatic carbocycles. The number of carbonyl (C=O) groups excluding carboxylic acids is 1. The summed E-state index contributed by atoms with van der Waals surface area (Å²) in [5.41, 5.74) is 4.68. The molecule has 0 aliphatic rings. The zero-order chi connectivity index (χ0) is 17.1. The maximum atomic E-state index is 13.0. The van der Waals surface area contributed by atoms with E-state index in [-0.39, 0.29) is 11.5 Å². The van der Waals surface area contributed by atoms with Gasteiger partial charge in [-0.3, -0.25) is 18.7 Å². The Morgan fingerprint density at radius 3 is 2.61 bits per heavy atom. The van der Waals surface area contributed by atoms with Crippen molar-refractivity contribution < 1.29 is 9.18 Å². The van der Waals surface area contributed by atoms with Crippen molar-refractivity contribution in [2.45, 2.75) is 0 Å². The van der Waals surface area contributed by atoms with Crippen LogP contribution in [-0.4, -0.2) is 15.0 Å². The van der Waals surface area contributed by atoms with E-state index in [0.29, 0.717) is 5.56 Å². The predicted octanol–water partition coefficient (Wildman–Crippen LogP) is 0.457. The number of amides is 1. The Bertz CT molecular complexity index is 912. The van der Waals surface area contributed by atoms with E-state index in [4.69, 9.17) is 5.73 Å². The summed E-state index contributed by atoms with van der Waals surface area (Å²) in [5.74, 6) is -1.20. The van der Waals surface area contributed by atoms with Gasteiger partial charge in [0.2, 0.25) is 5.91 Å². The number of carbonyl (C=O) groups is 1. The smallest absolute Gasteiger partial charge is 0.332 e. The van der Waals surface area contributed by atoms with Gasteiger partial charge in [0, 0.05) is 20.2 Å². The van der Waals surface area contributed by atoms with Gasteiger partial charge in [0.25, 0.3) is 5.56 Å². The molecule has 0 aliphatic heterocycles. The molecule has 23 heavy (non-hydrogen) atoms. The van der Waals surface area contributed by atoms with Gasteiger partial charge in [-0.15, -0.1) is 0 Å². The quantitative estimate of drug-likeness (QED) is 0.803. The fourth-order valence-corrected chi connectivity index (χ4v) is 1.92. The molecule has 2 rings (SSSR count). The number of nitrogen functional groups attached to an aromatic ring is 1. The van der Waals surface area contributed by atoms with E-state index in [1.54, 1.807) is 6.07 Å². The molecule has 0 bridgehead atoms. The third kappa shape index (κ3) is 3.37. The molecule has 1 aromatic carbocycles. The largest absolute Gasteiger partial charge is 0.383 e. The minimum absolute atomic E-state index is 0.148. The summed E-state index contributed by atoms with van der Waals surface area (Å²) in [6.07, 6.45) is 2.53. The zero-order valence-electron chi connectivity index (χ0n) is 12.5. The van der Waals surface area contributed by atoms with Gasteiger partial charge in [-0.2, -0.15) is 0 Å². The molecular weight excluding hydrogens is 303 g/mol. The first-order chi connectivity index (χ1) is 10.8. The third-order valence-corrected chi connectivity index (χ3v) is 3.23. The number of rotatable bonds is 3. The van der Waals surface area contributed by atoms with Gasteiger partial charge in [-0.1, -0.05) is 12.1 Å². The fraction of sp³-hybridized carbons (Fsp3) is 0.133. The van der Waals surface area contributed by atoms with E-state index in [2.05, 4.69) is 5.32 Å². The standard InChI is InChI=1S/C15H15FN4O3/c1-19-13(17)12(14(22)20(2)15(19)23)18-11(21)7-6-9-4-3-5-10(16)8-9/h3-8H,17H2,1-2H3,(H,18,21)/b7-6+. The molecule has 0 radical (unpaired) electrons. The number of aromatic nitrogens is 2. The van der Waals surface area contributed by atoms with Crippen LogP contribution in [0, 0.1) is 5.82 Å². The molecule has 1 aromatic heterocycles. The van der Waals surface area contributed by atoms with Crippen molar-refractivity contribution in [3.63, 3.8) is 0 Å². The first-order valence-electron chi connectivity index (χ1n) is 6.61. The van der Waals surface area contributed by atoms with Crippen LogP contribution in [0.2, 0.25) is 0 Å². The summed E-state index contributed by atoms with van der Waals surface area (Å²) < 4.78 is 14.9. The first kappa shape index (κ1) is 16.2. The Hall–Kier alpha value is -3.16. The molecule has 8 heteroatoms. The minimum Gasteiger partial charge on any atom is -0.383 e. The van der Waals surface area contributed by atoms with Gasteiger partial charge in [-0.05, 0) is 23.8 Å². The van der Waals surface area contributed by atoms with Crippen molar-refractivity contribution in [2.24, 2.45) is 14.1 Å². The van der Waals surface area contributed by atoms with Crippen LogP contribution >= 0.6 is 0 Å². The number of hydrogen-bond acceptors (Lipinski definition) is 4. The number of nitrogens with two attached hydrogens (primary N) is 1. The van der Waals surface area contributed by atoms with Crippen LogP contribution in [0.1, 0.15) is 5.56 Å². The van der Waals surface area contributed by atoms with Crippen molar-refractivity contribution in [1.29, 1.82) is 0 Å². The van der Waals surface area contributed by atoms with Crippen molar-refractivity contribution in [3.05, 3.63) is 62.6 Å². The molecular formula is C15H15FN4O3. The summed E-state index contributed by atoms with van der Waals surface area (Å²) in [6, 6.07) is 5.66. The predicted molar refractivity (Wildman–Crippen MR) is 85.4 cm³/mol. The summed E-state index contributed by atoms with van der Waals surface area (Å²) in [4.78, 5) is 35.6. The topological polar surface area (TPSA) is 99.1 Å². The van der Waals surface area contributed by atoms with Crippen LogP contribution in [-0.2, 0) is 18.9 Å². The lowest BCUT2D eigenvalue weighted by Gasteiger charge is -2.11. The minimum atomic E-state index is -0.710. The average molecular weight is 318 g/mol. The Morgan fingerprint density at radius 1 is 1.26 bits per heavy atom. The number of anilines is 2. The Labute approximate surface area is 130 Å². The molecule has 0 fully saturated rings. The highest BCUT2D eigenvalue weighted by atomic mass is 19.1. The van der Waals surface area contributed by atoms with E-state index in [0.717, 1.165) is 15.2 Å². The monoisotopic (exact) mass is 318 g/mol. The summed E-state index contributed by atoms with van der Waals surface area (Å²) >= 11 is 0. The number of nitrogens with zero attached hydrogens (tertiary/aromatic N) is 2. The lowest BCUT2D eigenvalue weighted by Crippen LogP contribution is -2.40. The van der Waals surface area contributed by atoms with E-state index >= 15 is 0 Å². The molecule has 7 nitrogen and oxygen atoms in total. The van der Waals surface area contributed by atoms with Crippen molar-refractivity contribution >= 4 is 23.5 Å². The SMILES string of the molecule is Cn1c(N)c(NC(=O)/C=C/c2cccc(F)c2)c(=O)n(C)c1=O. The molecule has 0 saturated heterocycles. The maximum Gasteiger partial charge on any atom is 0.332 e. The van der Waals surface area contributed by atoms with Crippen LogP contribution in [0.25, 0.3) is 6.08 Å². The molecule has 1 heterocycles. The second kappa shape index (κ2) is 6.30. The van der Waals surface area contributed by atoms with Crippen molar-refractivity contribution in [2.75, 3.05) is 11.1 Å². The second-order valence-corrected chi connectivity index (χ2v) is 4.84. The lowest BCUT2D eigenvalue weighted by atomic mass is 10.2. The highest BCUT2D eigenvalue weighted by Crippen LogP contribution is 2.10. The molecule has 3 N–H and O–H groups in total. The van der Waals surface area contributed by atoms with E-state index < -0.39 is 23.0 Å². The number of benzene rings is 1. The Balaban J connectivity index is 2.28. The summed E-state index contributed by atoms with van der Waals surface area (Å²) in [6.45, 7) is 0. The molecule has 120 valence electrons. The summed E-state index contributed by atoms with van der Waals surface area (Å²) in [5, 5.41) is 2.33. The van der Waals surface area contributed by atoms with Gasteiger partial charge in [-0.25, -0.2) is 9.18 Å². The van der Waals surface area contributed by atoms with Crippen LogP contribution in [0.5, 0.6) is 0 Å². The van der Waals surface area contributed by atoms with Crippen LogP contribution in [0.3, 0.4) is 0 Å². The van der Waals surface area contributed by atoms with Crippen molar-refractivity contribution in [1.82, 2.24) is 9.13 Å². The Kier molecular flexibility index (Phi) is 4.44. The summed E-state index contributed by atoms with van der Waals surface area (Å²) in [7, 11) is 2.66. The van der Waals surface area contributed by atoms with Gasteiger partial charge >= 0.3 is 5.69 Å². The number of nitrogens with one attached hydrogen (secondary N) is 1. The van der Waals surface area contributed by atoms with E-state index in [9.17, 15) is 18.8 Å². The molecule has 1 amide bonds. The lowest BCUT2D eigenvalue weighted by molar-refractivity contribution is -0.111. The third-order valence-electron chi connectivity index (χ3n) is 3.23. The first-order valence-corrected chi connectivity index (χ1v) is 6.61. The molecule has 0 saturated carbocycles. The number of halogens is 1. The van der Waals surface area contributed by atoms with Crippen LogP contribution in [0.4, 0.5) is 15.9 Å². The molecule has 2 aromatic rings. The van der Waals surface area contributed by atoms with E-state index in [1.165, 1.54) is 38.4 Å². The highest BCUT2D eigenvalue weighted by molar-refractivity contribution is 6.03. The van der Waals surface area contributed by atoms with Gasteiger partial charge in [0.1, 0.15) is 17.3 Å². The van der Waals surface area contributed by atoms with Gasteiger partial charge in [0.05, 0.1) is 0 Å². The molecule has 0 spiro atoms. The zero-order valence-corrected chi connectivity index (χ0v) is 12.5. The molecule has 0 unspecified atom stereocenters. The Morgan fingerprint density at radius 2 is 1.96 bits per heavy atom. The maximum absolute atomic E-state index is 13.0. The van der Waals surface area contributed by atoms with Crippen LogP contribution < -0.4 is 22.3 Å². The number of hydrogen-bond donors (Lipinski definition) is 2. The highest BCUT2D eigenvalue weighted by Gasteiger charge is 2.14.